The van der Waals surface area contributed by atoms with E-state index in [4.69, 9.17) is 27.9 Å². The molecule has 1 aliphatic rings. The van der Waals surface area contributed by atoms with Gasteiger partial charge in [-0.2, -0.15) is 0 Å². The van der Waals surface area contributed by atoms with E-state index < -0.39 is 17.1 Å². The normalized spacial score (nSPS) is 14.8. The van der Waals surface area contributed by atoms with Crippen LogP contribution in [-0.4, -0.2) is 22.0 Å². The average Bonchev–Trinajstić information content (AvgIpc) is 3.03. The van der Waals surface area contributed by atoms with E-state index in [-0.39, 0.29) is 11.4 Å². The van der Waals surface area contributed by atoms with Crippen molar-refractivity contribution in [2.75, 3.05) is 0 Å². The smallest absolute Gasteiger partial charge is 0.344 e. The van der Waals surface area contributed by atoms with Crippen molar-refractivity contribution < 1.29 is 19.1 Å². The first-order chi connectivity index (χ1) is 15.8. The Morgan fingerprint density at radius 1 is 1.03 bits per heavy atom. The quantitative estimate of drug-likeness (QED) is 0.134. The van der Waals surface area contributed by atoms with E-state index in [1.54, 1.807) is 60.7 Å². The minimum atomic E-state index is -0.475. The zero-order chi connectivity index (χ0) is 23.5. The van der Waals surface area contributed by atoms with Crippen molar-refractivity contribution in [2.45, 2.75) is 6.54 Å². The van der Waals surface area contributed by atoms with Crippen LogP contribution in [0.15, 0.2) is 71.6 Å². The number of hydrogen-bond acceptors (Lipinski definition) is 5. The predicted molar refractivity (Wildman–Crippen MR) is 139 cm³/mol. The molecule has 1 heterocycles. The lowest BCUT2D eigenvalue weighted by Gasteiger charge is -2.13. The number of hydrogen-bond donors (Lipinski definition) is 0. The lowest BCUT2D eigenvalue weighted by Crippen LogP contribution is -2.27. The van der Waals surface area contributed by atoms with Crippen LogP contribution in [0, 0.1) is 3.57 Å². The number of imide groups is 1. The van der Waals surface area contributed by atoms with Gasteiger partial charge in [0.2, 0.25) is 0 Å². The molecule has 0 radical (unpaired) electrons. The Hall–Kier alpha value is -2.33. The van der Waals surface area contributed by atoms with Gasteiger partial charge in [0.1, 0.15) is 5.75 Å². The second-order valence-electron chi connectivity index (χ2n) is 6.95. The Morgan fingerprint density at radius 3 is 2.58 bits per heavy atom. The highest BCUT2D eigenvalue weighted by atomic mass is 127. The van der Waals surface area contributed by atoms with Crippen molar-refractivity contribution in [1.29, 1.82) is 0 Å². The van der Waals surface area contributed by atoms with Gasteiger partial charge in [-0.15, -0.1) is 0 Å². The highest BCUT2D eigenvalue weighted by Gasteiger charge is 2.35. The summed E-state index contributed by atoms with van der Waals surface area (Å²) < 4.78 is 6.27. The summed E-state index contributed by atoms with van der Waals surface area (Å²) in [4.78, 5) is 39.2. The third-order valence-corrected chi connectivity index (χ3v) is 7.11. The van der Waals surface area contributed by atoms with E-state index in [9.17, 15) is 14.4 Å². The molecule has 2 amide bonds. The van der Waals surface area contributed by atoms with Crippen LogP contribution in [-0.2, 0) is 11.3 Å². The summed E-state index contributed by atoms with van der Waals surface area (Å²) in [6, 6.07) is 18.8. The van der Waals surface area contributed by atoms with Gasteiger partial charge in [0.05, 0.1) is 17.0 Å². The van der Waals surface area contributed by atoms with Crippen LogP contribution in [0.3, 0.4) is 0 Å². The van der Waals surface area contributed by atoms with Crippen molar-refractivity contribution in [2.24, 2.45) is 0 Å². The standard InChI is InChI=1S/C24H14Cl2INO4S/c25-16-9-8-15(19(26)12-16)13-28-22(29)21(33-24(28)31)11-14-4-3-5-17(10-14)32-23(30)18-6-1-2-7-20(18)27/h1-12H,13H2/b21-11-. The molecule has 0 spiro atoms. The molecule has 1 aliphatic heterocycles. The third-order valence-electron chi connectivity index (χ3n) is 4.68. The molecular weight excluding hydrogens is 596 g/mol. The number of rotatable bonds is 5. The van der Waals surface area contributed by atoms with Crippen LogP contribution in [0.25, 0.3) is 6.08 Å². The molecule has 3 aromatic rings. The lowest BCUT2D eigenvalue weighted by atomic mass is 10.2. The summed E-state index contributed by atoms with van der Waals surface area (Å²) in [5, 5.41) is 0.465. The van der Waals surface area contributed by atoms with Crippen molar-refractivity contribution in [3.8, 4) is 5.75 Å². The molecule has 0 bridgehead atoms. The number of benzene rings is 3. The molecular formula is C24H14Cl2INO4S. The first-order valence-corrected chi connectivity index (χ1v) is 12.2. The van der Waals surface area contributed by atoms with Gasteiger partial charge in [0.25, 0.3) is 11.1 Å². The zero-order valence-corrected chi connectivity index (χ0v) is 21.2. The Labute approximate surface area is 217 Å². The van der Waals surface area contributed by atoms with Gasteiger partial charge >= 0.3 is 5.97 Å². The second kappa shape index (κ2) is 10.3. The van der Waals surface area contributed by atoms with E-state index >= 15 is 0 Å². The third kappa shape index (κ3) is 5.60. The molecule has 0 aromatic heterocycles. The van der Waals surface area contributed by atoms with Gasteiger partial charge in [0, 0.05) is 13.6 Å². The van der Waals surface area contributed by atoms with Crippen LogP contribution in [0.1, 0.15) is 21.5 Å². The number of esters is 1. The van der Waals surface area contributed by atoms with Crippen molar-refractivity contribution in [3.63, 3.8) is 0 Å². The fraction of sp³-hybridized carbons (Fsp3) is 0.0417. The minimum absolute atomic E-state index is 0.0470. The number of nitrogens with zero attached hydrogens (tertiary/aromatic N) is 1. The summed E-state index contributed by atoms with van der Waals surface area (Å²) >= 11 is 15.0. The number of ether oxygens (including phenoxy) is 1. The molecule has 4 rings (SSSR count). The molecule has 0 N–H and O–H groups in total. The molecule has 3 aromatic carbocycles. The Balaban J connectivity index is 1.51. The van der Waals surface area contributed by atoms with E-state index in [0.717, 1.165) is 20.2 Å². The summed E-state index contributed by atoms with van der Waals surface area (Å²) in [6.07, 6.45) is 1.60. The lowest BCUT2D eigenvalue weighted by molar-refractivity contribution is -0.123. The van der Waals surface area contributed by atoms with Gasteiger partial charge in [-0.05, 0) is 88.0 Å². The van der Waals surface area contributed by atoms with Crippen LogP contribution in [0.2, 0.25) is 10.0 Å². The van der Waals surface area contributed by atoms with Gasteiger partial charge in [-0.3, -0.25) is 14.5 Å². The van der Waals surface area contributed by atoms with Crippen molar-refractivity contribution in [1.82, 2.24) is 4.90 Å². The molecule has 5 nitrogen and oxygen atoms in total. The molecule has 9 heteroatoms. The van der Waals surface area contributed by atoms with Gasteiger partial charge < -0.3 is 4.74 Å². The highest BCUT2D eigenvalue weighted by Crippen LogP contribution is 2.35. The summed E-state index contributed by atoms with van der Waals surface area (Å²) in [5.74, 6) is -0.560. The number of carbonyl (C=O) groups excluding carboxylic acids is 3. The largest absolute Gasteiger partial charge is 0.423 e. The SMILES string of the molecule is O=C(Oc1cccc(/C=C2\SC(=O)N(Cc3ccc(Cl)cc3Cl)C2=O)c1)c1ccccc1I. The Morgan fingerprint density at radius 2 is 1.82 bits per heavy atom. The molecule has 1 saturated heterocycles. The van der Waals surface area contributed by atoms with E-state index in [0.29, 0.717) is 32.5 Å². The van der Waals surface area contributed by atoms with Crippen molar-refractivity contribution in [3.05, 3.63) is 102 Å². The maximum Gasteiger partial charge on any atom is 0.344 e. The predicted octanol–water partition coefficient (Wildman–Crippen LogP) is 7.05. The summed E-state index contributed by atoms with van der Waals surface area (Å²) in [7, 11) is 0. The van der Waals surface area contributed by atoms with Gasteiger partial charge in [-0.25, -0.2) is 4.79 Å². The van der Waals surface area contributed by atoms with Crippen molar-refractivity contribution >= 4 is 80.7 Å². The van der Waals surface area contributed by atoms with Crippen LogP contribution >= 0.6 is 57.6 Å². The highest BCUT2D eigenvalue weighted by molar-refractivity contribution is 14.1. The number of carbonyl (C=O) groups is 3. The first kappa shape index (κ1) is 23.8. The van der Waals surface area contributed by atoms with E-state index in [1.807, 2.05) is 12.1 Å². The zero-order valence-electron chi connectivity index (χ0n) is 16.8. The average molecular weight is 610 g/mol. The fourth-order valence-corrected chi connectivity index (χ4v) is 4.98. The number of amides is 2. The van der Waals surface area contributed by atoms with Crippen LogP contribution in [0.4, 0.5) is 4.79 Å². The Kier molecular flexibility index (Phi) is 7.43. The monoisotopic (exact) mass is 609 g/mol. The molecule has 166 valence electrons. The Bertz CT molecular complexity index is 1310. The molecule has 0 unspecified atom stereocenters. The minimum Gasteiger partial charge on any atom is -0.423 e. The summed E-state index contributed by atoms with van der Waals surface area (Å²) in [5.41, 5.74) is 1.71. The number of halogens is 3. The molecule has 0 saturated carbocycles. The molecule has 0 atom stereocenters. The fourth-order valence-electron chi connectivity index (χ4n) is 3.06. The molecule has 1 fully saturated rings. The van der Waals surface area contributed by atoms with Crippen LogP contribution < -0.4 is 4.74 Å². The van der Waals surface area contributed by atoms with E-state index in [2.05, 4.69) is 22.6 Å². The van der Waals surface area contributed by atoms with Crippen LogP contribution in [0.5, 0.6) is 5.75 Å². The first-order valence-electron chi connectivity index (χ1n) is 9.58. The number of thioether (sulfide) groups is 1. The van der Waals surface area contributed by atoms with E-state index in [1.165, 1.54) is 0 Å². The molecule has 33 heavy (non-hydrogen) atoms. The topological polar surface area (TPSA) is 63.7 Å². The summed E-state index contributed by atoms with van der Waals surface area (Å²) in [6.45, 7) is 0.0470. The maximum atomic E-state index is 12.8. The van der Waals surface area contributed by atoms with Gasteiger partial charge in [0.15, 0.2) is 0 Å². The molecule has 0 aliphatic carbocycles. The second-order valence-corrected chi connectivity index (χ2v) is 9.94. The maximum absolute atomic E-state index is 12.8. The van der Waals surface area contributed by atoms with Gasteiger partial charge in [-0.1, -0.05) is 53.5 Å².